The van der Waals surface area contributed by atoms with Crippen molar-refractivity contribution in [2.24, 2.45) is 17.8 Å². The van der Waals surface area contributed by atoms with Crippen molar-refractivity contribution in [3.63, 3.8) is 0 Å². The molecule has 0 radical (unpaired) electrons. The van der Waals surface area contributed by atoms with Gasteiger partial charge in [-0.05, 0) is 61.4 Å². The molecule has 1 nitrogen and oxygen atoms in total. The topological polar surface area (TPSA) is 12.0 Å². The van der Waals surface area contributed by atoms with E-state index in [1.807, 2.05) is 11.3 Å². The third-order valence-electron chi connectivity index (χ3n) is 4.94. The maximum absolute atomic E-state index is 3.77. The minimum absolute atomic E-state index is 0.783. The second kappa shape index (κ2) is 5.75. The van der Waals surface area contributed by atoms with Gasteiger partial charge in [-0.3, -0.25) is 0 Å². The molecule has 1 aromatic rings. The number of thiophene rings is 1. The van der Waals surface area contributed by atoms with Crippen LogP contribution in [0.4, 0.5) is 0 Å². The van der Waals surface area contributed by atoms with Crippen molar-refractivity contribution >= 4 is 11.3 Å². The van der Waals surface area contributed by atoms with Gasteiger partial charge in [0.2, 0.25) is 0 Å². The summed E-state index contributed by atoms with van der Waals surface area (Å²) < 4.78 is 0. The highest BCUT2D eigenvalue weighted by atomic mass is 32.1. The molecule has 3 unspecified atom stereocenters. The van der Waals surface area contributed by atoms with Crippen LogP contribution in [0.5, 0.6) is 0 Å². The molecule has 2 saturated carbocycles. The van der Waals surface area contributed by atoms with E-state index in [-0.39, 0.29) is 0 Å². The molecule has 1 aromatic heterocycles. The lowest BCUT2D eigenvalue weighted by atomic mass is 10.0. The lowest BCUT2D eigenvalue weighted by Crippen LogP contribution is -2.32. The fourth-order valence-electron chi connectivity index (χ4n) is 4.09. The number of hydrogen-bond acceptors (Lipinski definition) is 2. The van der Waals surface area contributed by atoms with Gasteiger partial charge in [0.25, 0.3) is 0 Å². The summed E-state index contributed by atoms with van der Waals surface area (Å²) in [7, 11) is 0. The monoisotopic (exact) mass is 263 g/mol. The molecule has 2 aliphatic rings. The fourth-order valence-corrected chi connectivity index (χ4v) is 4.81. The Bertz CT molecular complexity index is 347. The van der Waals surface area contributed by atoms with E-state index in [4.69, 9.17) is 0 Å². The highest BCUT2D eigenvalue weighted by Gasteiger charge is 2.53. The standard InChI is InChI=1S/C16H25NS/c1-2-17-15(10-9-12-6-5-11-18-12)16-13-7-3-4-8-14(13)16/h5-6,11,13-17H,2-4,7-10H2,1H3. The molecule has 18 heavy (non-hydrogen) atoms. The average molecular weight is 263 g/mol. The van der Waals surface area contributed by atoms with Crippen LogP contribution < -0.4 is 5.32 Å². The van der Waals surface area contributed by atoms with Gasteiger partial charge in [0.15, 0.2) is 0 Å². The van der Waals surface area contributed by atoms with Gasteiger partial charge in [-0.1, -0.05) is 25.8 Å². The Morgan fingerprint density at radius 3 is 2.72 bits per heavy atom. The van der Waals surface area contributed by atoms with Crippen LogP contribution in [0.1, 0.15) is 43.9 Å². The van der Waals surface area contributed by atoms with E-state index >= 15 is 0 Å². The zero-order valence-electron chi connectivity index (χ0n) is 11.4. The number of aryl methyl sites for hydroxylation is 1. The van der Waals surface area contributed by atoms with Gasteiger partial charge in [0.05, 0.1) is 0 Å². The van der Waals surface area contributed by atoms with Crippen LogP contribution in [0, 0.1) is 17.8 Å². The Labute approximate surface area is 115 Å². The number of fused-ring (bicyclic) bond motifs is 1. The van der Waals surface area contributed by atoms with E-state index in [0.29, 0.717) is 0 Å². The van der Waals surface area contributed by atoms with Crippen LogP contribution in [0.2, 0.25) is 0 Å². The minimum atomic E-state index is 0.783. The molecule has 3 atom stereocenters. The third kappa shape index (κ3) is 2.65. The summed E-state index contributed by atoms with van der Waals surface area (Å²) in [4.78, 5) is 1.56. The lowest BCUT2D eigenvalue weighted by Gasteiger charge is -2.18. The molecule has 0 saturated heterocycles. The van der Waals surface area contributed by atoms with Crippen LogP contribution in [-0.4, -0.2) is 12.6 Å². The molecule has 0 aliphatic heterocycles. The summed E-state index contributed by atoms with van der Waals surface area (Å²) in [6.07, 6.45) is 8.60. The zero-order valence-corrected chi connectivity index (χ0v) is 12.2. The molecule has 0 amide bonds. The molecule has 2 aliphatic carbocycles. The molecular weight excluding hydrogens is 238 g/mol. The van der Waals surface area contributed by atoms with Gasteiger partial charge in [-0.25, -0.2) is 0 Å². The quantitative estimate of drug-likeness (QED) is 0.815. The van der Waals surface area contributed by atoms with Gasteiger partial charge in [-0.2, -0.15) is 0 Å². The molecule has 0 spiro atoms. The molecule has 1 N–H and O–H groups in total. The Balaban J connectivity index is 1.55. The molecule has 0 aromatic carbocycles. The number of nitrogens with one attached hydrogen (secondary N) is 1. The normalized spacial score (nSPS) is 31.9. The molecule has 2 heteroatoms. The summed E-state index contributed by atoms with van der Waals surface area (Å²) in [5.74, 6) is 3.16. The Kier molecular flexibility index (Phi) is 4.05. The van der Waals surface area contributed by atoms with Crippen LogP contribution in [0.3, 0.4) is 0 Å². The number of rotatable bonds is 6. The van der Waals surface area contributed by atoms with E-state index in [1.54, 1.807) is 4.88 Å². The SMILES string of the molecule is CCNC(CCc1cccs1)C1C2CCCCC21. The van der Waals surface area contributed by atoms with Gasteiger partial charge < -0.3 is 5.32 Å². The average Bonchev–Trinajstić information content (AvgIpc) is 2.88. The van der Waals surface area contributed by atoms with Gasteiger partial charge in [-0.15, -0.1) is 11.3 Å². The summed E-state index contributed by atoms with van der Waals surface area (Å²) in [6.45, 7) is 3.38. The summed E-state index contributed by atoms with van der Waals surface area (Å²) in [6, 6.07) is 5.25. The summed E-state index contributed by atoms with van der Waals surface area (Å²) in [5.41, 5.74) is 0. The maximum Gasteiger partial charge on any atom is 0.0104 e. The predicted octanol–water partition coefficient (Wildman–Crippen LogP) is 4.10. The van der Waals surface area contributed by atoms with Crippen molar-refractivity contribution in [3.05, 3.63) is 22.4 Å². The lowest BCUT2D eigenvalue weighted by molar-refractivity contribution is 0.416. The number of hydrogen-bond donors (Lipinski definition) is 1. The van der Waals surface area contributed by atoms with Crippen molar-refractivity contribution in [2.45, 2.75) is 51.5 Å². The van der Waals surface area contributed by atoms with E-state index in [1.165, 1.54) is 38.5 Å². The molecular formula is C16H25NS. The first-order valence-electron chi connectivity index (χ1n) is 7.66. The van der Waals surface area contributed by atoms with Crippen LogP contribution in [0.25, 0.3) is 0 Å². The predicted molar refractivity (Wildman–Crippen MR) is 79.0 cm³/mol. The second-order valence-corrected chi connectivity index (χ2v) is 7.00. The molecule has 1 heterocycles. The van der Waals surface area contributed by atoms with Crippen molar-refractivity contribution in [3.8, 4) is 0 Å². The minimum Gasteiger partial charge on any atom is -0.314 e. The van der Waals surface area contributed by atoms with Crippen LogP contribution in [0.15, 0.2) is 17.5 Å². The third-order valence-corrected chi connectivity index (χ3v) is 5.87. The van der Waals surface area contributed by atoms with Gasteiger partial charge in [0.1, 0.15) is 0 Å². The summed E-state index contributed by atoms with van der Waals surface area (Å²) >= 11 is 1.91. The fraction of sp³-hybridized carbons (Fsp3) is 0.750. The summed E-state index contributed by atoms with van der Waals surface area (Å²) in [5, 5.41) is 5.97. The van der Waals surface area contributed by atoms with Gasteiger partial charge >= 0.3 is 0 Å². The maximum atomic E-state index is 3.77. The zero-order chi connectivity index (χ0) is 12.4. The van der Waals surface area contributed by atoms with E-state index in [9.17, 15) is 0 Å². The largest absolute Gasteiger partial charge is 0.314 e. The van der Waals surface area contributed by atoms with E-state index in [0.717, 1.165) is 30.3 Å². The van der Waals surface area contributed by atoms with Crippen molar-refractivity contribution < 1.29 is 0 Å². The smallest absolute Gasteiger partial charge is 0.0104 e. The Morgan fingerprint density at radius 2 is 2.11 bits per heavy atom. The second-order valence-electron chi connectivity index (χ2n) is 5.97. The molecule has 100 valence electrons. The first-order chi connectivity index (χ1) is 8.90. The van der Waals surface area contributed by atoms with Gasteiger partial charge in [0, 0.05) is 10.9 Å². The highest BCUT2D eigenvalue weighted by molar-refractivity contribution is 7.09. The van der Waals surface area contributed by atoms with Crippen LogP contribution in [-0.2, 0) is 6.42 Å². The van der Waals surface area contributed by atoms with Crippen LogP contribution >= 0.6 is 11.3 Å². The van der Waals surface area contributed by atoms with Crippen molar-refractivity contribution in [1.29, 1.82) is 0 Å². The molecule has 3 rings (SSSR count). The Hall–Kier alpha value is -0.340. The van der Waals surface area contributed by atoms with Crippen molar-refractivity contribution in [2.75, 3.05) is 6.54 Å². The van der Waals surface area contributed by atoms with Crippen molar-refractivity contribution in [1.82, 2.24) is 5.32 Å². The first kappa shape index (κ1) is 12.7. The van der Waals surface area contributed by atoms with E-state index < -0.39 is 0 Å². The molecule has 2 fully saturated rings. The Morgan fingerprint density at radius 1 is 1.33 bits per heavy atom. The van der Waals surface area contributed by atoms with E-state index in [2.05, 4.69) is 29.8 Å². The first-order valence-corrected chi connectivity index (χ1v) is 8.54. The highest BCUT2D eigenvalue weighted by Crippen LogP contribution is 2.57. The molecule has 0 bridgehead atoms.